The fourth-order valence-corrected chi connectivity index (χ4v) is 7.18. The van der Waals surface area contributed by atoms with Gasteiger partial charge in [0.2, 0.25) is 11.9 Å². The fourth-order valence-electron chi connectivity index (χ4n) is 5.98. The molecule has 3 N–H and O–H groups in total. The highest BCUT2D eigenvalue weighted by molar-refractivity contribution is 7.92. The second-order valence-corrected chi connectivity index (χ2v) is 15.0. The van der Waals surface area contributed by atoms with E-state index in [0.29, 0.717) is 29.2 Å². The van der Waals surface area contributed by atoms with E-state index in [0.717, 1.165) is 74.6 Å². The van der Waals surface area contributed by atoms with Crippen molar-refractivity contribution < 1.29 is 13.2 Å². The number of likely N-dealkylation sites (N-methyl/N-ethyl adjacent to an activating group) is 1. The minimum Gasteiger partial charge on any atom is -0.370 e. The third-order valence-corrected chi connectivity index (χ3v) is 11.1. The van der Waals surface area contributed by atoms with Crippen LogP contribution in [0.2, 0.25) is 0 Å². The predicted molar refractivity (Wildman–Crippen MR) is 186 cm³/mol. The van der Waals surface area contributed by atoms with Crippen molar-refractivity contribution in [1.82, 2.24) is 19.8 Å². The molecule has 0 radical (unpaired) electrons. The molecule has 0 atom stereocenters. The molecule has 2 aromatic carbocycles. The monoisotopic (exact) mass is 646 g/mol. The third kappa shape index (κ3) is 7.51. The lowest BCUT2D eigenvalue weighted by atomic mass is 10.0. The van der Waals surface area contributed by atoms with Gasteiger partial charge in [0, 0.05) is 62.8 Å². The average Bonchev–Trinajstić information content (AvgIpc) is 3.04. The zero-order valence-corrected chi connectivity index (χ0v) is 28.3. The number of carbonyl (C=O) groups excluding carboxylic acids is 1. The van der Waals surface area contributed by atoms with Crippen LogP contribution in [0.5, 0.6) is 0 Å². The smallest absolute Gasteiger partial charge is 0.247 e. The van der Waals surface area contributed by atoms with Crippen LogP contribution in [0.4, 0.5) is 34.5 Å². The van der Waals surface area contributed by atoms with E-state index in [4.69, 9.17) is 4.98 Å². The Kier molecular flexibility index (Phi) is 10.3. The molecule has 1 amide bonds. The molecule has 0 aliphatic carbocycles. The van der Waals surface area contributed by atoms with E-state index >= 15 is 0 Å². The Morgan fingerprint density at radius 2 is 1.65 bits per heavy atom. The molecule has 0 spiro atoms. The highest BCUT2D eigenvalue weighted by atomic mass is 32.2. The summed E-state index contributed by atoms with van der Waals surface area (Å²) in [5, 5.41) is 8.98. The Balaban J connectivity index is 1.37. The quantitative estimate of drug-likeness (QED) is 0.256. The SMILES string of the molecule is C=CC(=O)Nc1cc(Nc2ncc(C)c(Nc3ccccc3S(=O)(=O)C(C)C)n2)c(C)cc1N1CCC(N2CCN(C)CC2)CC1. The van der Waals surface area contributed by atoms with Gasteiger partial charge in [-0.3, -0.25) is 9.69 Å². The van der Waals surface area contributed by atoms with Gasteiger partial charge in [0.25, 0.3) is 0 Å². The number of hydrogen-bond donors (Lipinski definition) is 3. The molecule has 12 heteroatoms. The highest BCUT2D eigenvalue weighted by Gasteiger charge is 2.28. The summed E-state index contributed by atoms with van der Waals surface area (Å²) >= 11 is 0. The zero-order valence-electron chi connectivity index (χ0n) is 27.5. The van der Waals surface area contributed by atoms with E-state index in [2.05, 4.69) is 55.3 Å². The molecular weight excluding hydrogens is 600 g/mol. The molecule has 3 aromatic rings. The summed E-state index contributed by atoms with van der Waals surface area (Å²) in [4.78, 5) is 29.3. The number of piperazine rings is 1. The Morgan fingerprint density at radius 1 is 0.957 bits per heavy atom. The number of carbonyl (C=O) groups is 1. The Labute approximate surface area is 273 Å². The summed E-state index contributed by atoms with van der Waals surface area (Å²) < 4.78 is 26.0. The van der Waals surface area contributed by atoms with Crippen LogP contribution in [0.15, 0.2) is 60.1 Å². The van der Waals surface area contributed by atoms with Crippen LogP contribution in [0, 0.1) is 13.8 Å². The number of amides is 1. The van der Waals surface area contributed by atoms with E-state index in [1.807, 2.05) is 19.9 Å². The molecule has 2 aliphatic rings. The van der Waals surface area contributed by atoms with E-state index in [-0.39, 0.29) is 10.8 Å². The number of nitrogens with one attached hydrogen (secondary N) is 3. The number of benzene rings is 2. The van der Waals surface area contributed by atoms with E-state index in [1.54, 1.807) is 44.3 Å². The zero-order chi connectivity index (χ0) is 33.0. The number of aromatic nitrogens is 2. The molecule has 2 aliphatic heterocycles. The lowest BCUT2D eigenvalue weighted by Crippen LogP contribution is -2.52. The van der Waals surface area contributed by atoms with Crippen molar-refractivity contribution >= 4 is 50.3 Å². The molecule has 0 unspecified atom stereocenters. The van der Waals surface area contributed by atoms with Crippen molar-refractivity contribution in [2.45, 2.75) is 56.7 Å². The van der Waals surface area contributed by atoms with Crippen molar-refractivity contribution in [2.24, 2.45) is 0 Å². The first-order chi connectivity index (χ1) is 22.0. The third-order valence-electron chi connectivity index (χ3n) is 8.93. The lowest BCUT2D eigenvalue weighted by Gasteiger charge is -2.43. The summed E-state index contributed by atoms with van der Waals surface area (Å²) in [5.74, 6) is 0.542. The predicted octanol–water partition coefficient (Wildman–Crippen LogP) is 5.10. The van der Waals surface area contributed by atoms with Gasteiger partial charge in [-0.05, 0) is 83.5 Å². The van der Waals surface area contributed by atoms with Gasteiger partial charge < -0.3 is 25.8 Å². The first-order valence-electron chi connectivity index (χ1n) is 15.9. The van der Waals surface area contributed by atoms with Gasteiger partial charge in [0.15, 0.2) is 9.84 Å². The van der Waals surface area contributed by atoms with Crippen LogP contribution in [0.25, 0.3) is 0 Å². The Morgan fingerprint density at radius 3 is 2.33 bits per heavy atom. The molecule has 2 saturated heterocycles. The number of piperidine rings is 1. The molecule has 3 heterocycles. The first kappa shape index (κ1) is 33.4. The Bertz CT molecular complexity index is 1680. The molecule has 11 nitrogen and oxygen atoms in total. The second-order valence-electron chi connectivity index (χ2n) is 12.5. The Hall–Kier alpha value is -4.00. The van der Waals surface area contributed by atoms with Gasteiger partial charge in [-0.15, -0.1) is 0 Å². The van der Waals surface area contributed by atoms with Crippen LogP contribution in [0.1, 0.15) is 37.8 Å². The lowest BCUT2D eigenvalue weighted by molar-refractivity contribution is -0.111. The topological polar surface area (TPSA) is 123 Å². The van der Waals surface area contributed by atoms with Crippen molar-refractivity contribution in [2.75, 3.05) is 67.2 Å². The van der Waals surface area contributed by atoms with Crippen LogP contribution in [0.3, 0.4) is 0 Å². The summed E-state index contributed by atoms with van der Waals surface area (Å²) in [6.45, 7) is 17.1. The van der Waals surface area contributed by atoms with E-state index in [9.17, 15) is 13.2 Å². The first-order valence-corrected chi connectivity index (χ1v) is 17.5. The molecule has 0 saturated carbocycles. The molecular formula is C34H46N8O3S. The van der Waals surface area contributed by atoms with Crippen LogP contribution in [-0.2, 0) is 14.6 Å². The molecule has 5 rings (SSSR count). The van der Waals surface area contributed by atoms with Crippen LogP contribution < -0.4 is 20.9 Å². The molecule has 0 bridgehead atoms. The van der Waals surface area contributed by atoms with Gasteiger partial charge in [0.1, 0.15) is 5.82 Å². The van der Waals surface area contributed by atoms with Gasteiger partial charge in [-0.1, -0.05) is 18.7 Å². The summed E-state index contributed by atoms with van der Waals surface area (Å²) in [5.41, 5.74) is 4.59. The second kappa shape index (κ2) is 14.2. The van der Waals surface area contributed by atoms with E-state index < -0.39 is 15.1 Å². The maximum Gasteiger partial charge on any atom is 0.247 e. The van der Waals surface area contributed by atoms with Crippen molar-refractivity contribution in [3.63, 3.8) is 0 Å². The number of rotatable bonds is 10. The van der Waals surface area contributed by atoms with Gasteiger partial charge in [-0.25, -0.2) is 13.4 Å². The maximum absolute atomic E-state index is 13.0. The summed E-state index contributed by atoms with van der Waals surface area (Å²) in [6, 6.07) is 11.4. The normalized spacial score (nSPS) is 16.8. The minimum absolute atomic E-state index is 0.221. The number of para-hydroxylation sites is 1. The summed E-state index contributed by atoms with van der Waals surface area (Å²) in [6.07, 6.45) is 5.11. The number of hydrogen-bond acceptors (Lipinski definition) is 10. The molecule has 246 valence electrons. The van der Waals surface area contributed by atoms with Crippen molar-refractivity contribution in [3.8, 4) is 0 Å². The van der Waals surface area contributed by atoms with Crippen LogP contribution >= 0.6 is 0 Å². The number of nitrogens with zero attached hydrogens (tertiary/aromatic N) is 5. The van der Waals surface area contributed by atoms with Gasteiger partial charge in [-0.2, -0.15) is 4.98 Å². The van der Waals surface area contributed by atoms with Crippen LogP contribution in [-0.4, -0.2) is 91.7 Å². The van der Waals surface area contributed by atoms with E-state index in [1.165, 1.54) is 6.08 Å². The molecule has 46 heavy (non-hydrogen) atoms. The number of sulfone groups is 1. The van der Waals surface area contributed by atoms with Crippen molar-refractivity contribution in [3.05, 3.63) is 66.4 Å². The van der Waals surface area contributed by atoms with Crippen molar-refractivity contribution in [1.29, 1.82) is 0 Å². The summed E-state index contributed by atoms with van der Waals surface area (Å²) in [7, 11) is -1.33. The highest BCUT2D eigenvalue weighted by Crippen LogP contribution is 2.36. The minimum atomic E-state index is -3.52. The molecule has 2 fully saturated rings. The number of anilines is 6. The largest absolute Gasteiger partial charge is 0.370 e. The number of aryl methyl sites for hydroxylation is 2. The van der Waals surface area contributed by atoms with Gasteiger partial charge in [0.05, 0.1) is 27.2 Å². The maximum atomic E-state index is 13.0. The average molecular weight is 647 g/mol. The fraction of sp³-hybridized carbons (Fsp3) is 0.441. The van der Waals surface area contributed by atoms with Gasteiger partial charge >= 0.3 is 0 Å². The molecule has 1 aromatic heterocycles. The standard InChI is InChI=1S/C34H46N8O3S/c1-7-32(43)36-29-21-28(24(4)20-30(29)42-14-12-26(13-15-42)41-18-16-40(6)17-19-41)38-34-35-22-25(5)33(39-34)37-27-10-8-9-11-31(27)46(44,45)23(2)3/h7-11,20-23,26H,1,12-19H2,2-6H3,(H,36,43)(H2,35,37,38,39).